The van der Waals surface area contributed by atoms with E-state index in [0.29, 0.717) is 17.0 Å². The van der Waals surface area contributed by atoms with E-state index in [0.717, 1.165) is 18.1 Å². The van der Waals surface area contributed by atoms with E-state index in [4.69, 9.17) is 9.47 Å². The van der Waals surface area contributed by atoms with E-state index >= 15 is 0 Å². The molecule has 0 amide bonds. The number of ether oxygens (including phenoxy) is 2. The molecule has 112 valence electrons. The second-order valence-corrected chi connectivity index (χ2v) is 5.90. The van der Waals surface area contributed by atoms with Gasteiger partial charge in [0, 0.05) is 24.0 Å². The van der Waals surface area contributed by atoms with Crippen LogP contribution in [0.15, 0.2) is 23.6 Å². The number of thiazole rings is 1. The fourth-order valence-corrected chi connectivity index (χ4v) is 3.23. The molecule has 0 unspecified atom stereocenters. The van der Waals surface area contributed by atoms with Gasteiger partial charge in [-0.15, -0.1) is 11.3 Å². The molecule has 21 heavy (non-hydrogen) atoms. The van der Waals surface area contributed by atoms with E-state index in [2.05, 4.69) is 10.3 Å². The van der Waals surface area contributed by atoms with Crippen molar-refractivity contribution in [3.8, 4) is 17.0 Å². The maximum absolute atomic E-state index is 13.5. The van der Waals surface area contributed by atoms with E-state index in [1.807, 2.05) is 12.3 Å². The van der Waals surface area contributed by atoms with Crippen molar-refractivity contribution in [2.24, 2.45) is 0 Å². The molecule has 1 N–H and O–H groups in total. The molecule has 0 spiro atoms. The molecule has 0 bridgehead atoms. The first-order valence-electron chi connectivity index (χ1n) is 6.83. The number of hydrogen-bond acceptors (Lipinski definition) is 5. The molecular formula is C15H17FN2O2S. The molecule has 0 saturated carbocycles. The average Bonchev–Trinajstić information content (AvgIpc) is 2.97. The van der Waals surface area contributed by atoms with Crippen LogP contribution < -0.4 is 10.1 Å². The third-order valence-corrected chi connectivity index (χ3v) is 4.33. The van der Waals surface area contributed by atoms with Crippen LogP contribution in [-0.2, 0) is 4.74 Å². The molecule has 1 saturated heterocycles. The molecule has 1 aromatic carbocycles. The molecule has 1 aliphatic heterocycles. The molecule has 1 aliphatic rings. The van der Waals surface area contributed by atoms with Gasteiger partial charge >= 0.3 is 0 Å². The highest BCUT2D eigenvalue weighted by Gasteiger charge is 2.23. The molecular weight excluding hydrogens is 291 g/mol. The van der Waals surface area contributed by atoms with Crippen molar-refractivity contribution >= 4 is 11.3 Å². The zero-order valence-electron chi connectivity index (χ0n) is 11.9. The van der Waals surface area contributed by atoms with Gasteiger partial charge in [-0.3, -0.25) is 0 Å². The van der Waals surface area contributed by atoms with Crippen LogP contribution >= 0.6 is 11.3 Å². The van der Waals surface area contributed by atoms with Gasteiger partial charge in [0.15, 0.2) is 0 Å². The quantitative estimate of drug-likeness (QED) is 0.946. The van der Waals surface area contributed by atoms with Gasteiger partial charge in [-0.05, 0) is 25.1 Å². The Kier molecular flexibility index (Phi) is 4.19. The number of aromatic nitrogens is 1. The Morgan fingerprint density at radius 1 is 1.43 bits per heavy atom. The molecule has 4 nitrogen and oxygen atoms in total. The molecule has 2 atom stereocenters. The zero-order valence-corrected chi connectivity index (χ0v) is 12.7. The Morgan fingerprint density at radius 2 is 2.29 bits per heavy atom. The van der Waals surface area contributed by atoms with Gasteiger partial charge in [-0.2, -0.15) is 0 Å². The number of nitrogens with one attached hydrogen (secondary N) is 1. The fourth-order valence-electron chi connectivity index (χ4n) is 2.38. The van der Waals surface area contributed by atoms with Crippen LogP contribution in [0.3, 0.4) is 0 Å². The first-order chi connectivity index (χ1) is 10.2. The van der Waals surface area contributed by atoms with E-state index in [1.165, 1.54) is 23.5 Å². The van der Waals surface area contributed by atoms with Gasteiger partial charge in [0.2, 0.25) is 0 Å². The number of morpholine rings is 1. The monoisotopic (exact) mass is 308 g/mol. The van der Waals surface area contributed by atoms with Crippen LogP contribution in [0.4, 0.5) is 4.39 Å². The average molecular weight is 308 g/mol. The van der Waals surface area contributed by atoms with Crippen molar-refractivity contribution in [3.05, 3.63) is 34.4 Å². The smallest absolute Gasteiger partial charge is 0.128 e. The summed E-state index contributed by atoms with van der Waals surface area (Å²) < 4.78 is 24.6. The van der Waals surface area contributed by atoms with E-state index in [-0.39, 0.29) is 18.0 Å². The summed E-state index contributed by atoms with van der Waals surface area (Å²) in [5.74, 6) is 0.314. The van der Waals surface area contributed by atoms with Crippen molar-refractivity contribution in [2.45, 2.75) is 19.1 Å². The summed E-state index contributed by atoms with van der Waals surface area (Å²) >= 11 is 1.52. The molecule has 0 radical (unpaired) electrons. The first kappa shape index (κ1) is 14.4. The normalized spacial score (nSPS) is 22.2. The molecule has 0 aliphatic carbocycles. The molecule has 2 aromatic rings. The van der Waals surface area contributed by atoms with E-state index < -0.39 is 0 Å². The summed E-state index contributed by atoms with van der Waals surface area (Å²) in [6.45, 7) is 3.63. The van der Waals surface area contributed by atoms with Gasteiger partial charge in [-0.25, -0.2) is 9.37 Å². The molecule has 1 aromatic heterocycles. The minimum absolute atomic E-state index is 0.0490. The van der Waals surface area contributed by atoms with Crippen LogP contribution in [0.5, 0.6) is 5.75 Å². The predicted octanol–water partition coefficient (Wildman–Crippen LogP) is 3.01. The largest absolute Gasteiger partial charge is 0.496 e. The lowest BCUT2D eigenvalue weighted by Gasteiger charge is -2.27. The number of methoxy groups -OCH3 is 1. The number of hydrogen-bond donors (Lipinski definition) is 1. The topological polar surface area (TPSA) is 43.4 Å². The summed E-state index contributed by atoms with van der Waals surface area (Å²) in [4.78, 5) is 4.60. The molecule has 1 fully saturated rings. The second-order valence-electron chi connectivity index (χ2n) is 5.01. The van der Waals surface area contributed by atoms with Gasteiger partial charge in [-0.1, -0.05) is 0 Å². The van der Waals surface area contributed by atoms with Crippen molar-refractivity contribution < 1.29 is 13.9 Å². The third kappa shape index (κ3) is 3.07. The summed E-state index contributed by atoms with van der Waals surface area (Å²) in [5, 5.41) is 6.13. The number of benzene rings is 1. The van der Waals surface area contributed by atoms with Gasteiger partial charge in [0.25, 0.3) is 0 Å². The minimum Gasteiger partial charge on any atom is -0.496 e. The highest BCUT2D eigenvalue weighted by atomic mass is 32.1. The van der Waals surface area contributed by atoms with Crippen LogP contribution in [0, 0.1) is 5.82 Å². The fraction of sp³-hybridized carbons (Fsp3) is 0.400. The molecule has 3 rings (SSSR count). The Balaban J connectivity index is 1.89. The summed E-state index contributed by atoms with van der Waals surface area (Å²) in [6.07, 6.45) is 0.117. The first-order valence-corrected chi connectivity index (χ1v) is 7.71. The Labute approximate surface area is 126 Å². The Hall–Kier alpha value is -1.50. The Bertz CT molecular complexity index is 632. The lowest BCUT2D eigenvalue weighted by Crippen LogP contribution is -2.38. The van der Waals surface area contributed by atoms with Crippen LogP contribution in [0.25, 0.3) is 11.3 Å². The van der Waals surface area contributed by atoms with Crippen molar-refractivity contribution in [1.82, 2.24) is 10.3 Å². The Morgan fingerprint density at radius 3 is 3.05 bits per heavy atom. The van der Waals surface area contributed by atoms with E-state index in [1.54, 1.807) is 13.2 Å². The number of rotatable bonds is 3. The third-order valence-electron chi connectivity index (χ3n) is 3.39. The maximum atomic E-state index is 13.5. The van der Waals surface area contributed by atoms with E-state index in [9.17, 15) is 4.39 Å². The summed E-state index contributed by atoms with van der Waals surface area (Å²) in [6, 6.07) is 4.44. The lowest BCUT2D eigenvalue weighted by molar-refractivity contribution is -0.0287. The van der Waals surface area contributed by atoms with Gasteiger partial charge in [0.1, 0.15) is 22.7 Å². The lowest BCUT2D eigenvalue weighted by atomic mass is 10.1. The standard InChI is InChI=1S/C15H17FN2O2S/c1-9-6-17-7-14(20-9)15-18-12(8-21-15)11-5-10(16)3-4-13(11)19-2/h3-5,8-9,14,17H,6-7H2,1-2H3/t9-,14-/m1/s1. The van der Waals surface area contributed by atoms with Crippen LogP contribution in [-0.4, -0.2) is 31.3 Å². The second kappa shape index (κ2) is 6.09. The van der Waals surface area contributed by atoms with Crippen molar-refractivity contribution in [1.29, 1.82) is 0 Å². The highest BCUT2D eigenvalue weighted by molar-refractivity contribution is 7.10. The predicted molar refractivity (Wildman–Crippen MR) is 80.2 cm³/mol. The molecule has 2 heterocycles. The molecule has 6 heteroatoms. The van der Waals surface area contributed by atoms with Gasteiger partial charge < -0.3 is 14.8 Å². The maximum Gasteiger partial charge on any atom is 0.128 e. The van der Waals surface area contributed by atoms with Crippen molar-refractivity contribution in [3.63, 3.8) is 0 Å². The minimum atomic E-state index is -0.301. The van der Waals surface area contributed by atoms with Gasteiger partial charge in [0.05, 0.1) is 18.9 Å². The zero-order chi connectivity index (χ0) is 14.8. The van der Waals surface area contributed by atoms with Crippen LogP contribution in [0.1, 0.15) is 18.0 Å². The van der Waals surface area contributed by atoms with Crippen molar-refractivity contribution in [2.75, 3.05) is 20.2 Å². The highest BCUT2D eigenvalue weighted by Crippen LogP contribution is 2.34. The van der Waals surface area contributed by atoms with Crippen LogP contribution in [0.2, 0.25) is 0 Å². The SMILES string of the molecule is COc1ccc(F)cc1-c1csc([C@H]2CNC[C@@H](C)O2)n1. The number of halogens is 1. The number of nitrogens with zero attached hydrogens (tertiary/aromatic N) is 1. The summed E-state index contributed by atoms with van der Waals surface area (Å²) in [7, 11) is 1.57. The summed E-state index contributed by atoms with van der Waals surface area (Å²) in [5.41, 5.74) is 1.38.